The Morgan fingerprint density at radius 2 is 1.63 bits per heavy atom. The Kier molecular flexibility index (Phi) is 3.31. The third-order valence-electron chi connectivity index (χ3n) is 2.70. The third-order valence-corrected chi connectivity index (χ3v) is 4.82. The molecular formula is C13H6Cl3NOS. The Labute approximate surface area is 127 Å². The van der Waals surface area contributed by atoms with Crippen molar-refractivity contribution in [2.45, 2.75) is 0 Å². The molecule has 0 saturated heterocycles. The van der Waals surface area contributed by atoms with Gasteiger partial charge in [0.15, 0.2) is 0 Å². The third kappa shape index (κ3) is 2.17. The van der Waals surface area contributed by atoms with Crippen LogP contribution in [0.25, 0.3) is 15.8 Å². The summed E-state index contributed by atoms with van der Waals surface area (Å²) in [5.74, 6) is 0. The second kappa shape index (κ2) is 4.84. The van der Waals surface area contributed by atoms with Gasteiger partial charge in [-0.15, -0.1) is 0 Å². The predicted octanol–water partition coefficient (Wildman–Crippen LogP) is 5.01. The van der Waals surface area contributed by atoms with Gasteiger partial charge in [0.2, 0.25) is 0 Å². The van der Waals surface area contributed by atoms with Crippen LogP contribution in [-0.4, -0.2) is 3.96 Å². The van der Waals surface area contributed by atoms with Crippen molar-refractivity contribution in [1.29, 1.82) is 0 Å². The molecule has 3 rings (SSSR count). The molecule has 19 heavy (non-hydrogen) atoms. The molecular weight excluding hydrogens is 325 g/mol. The molecule has 0 aliphatic heterocycles. The summed E-state index contributed by atoms with van der Waals surface area (Å²) < 4.78 is 2.42. The van der Waals surface area contributed by atoms with Gasteiger partial charge in [-0.3, -0.25) is 4.79 Å². The molecule has 0 radical (unpaired) electrons. The van der Waals surface area contributed by atoms with E-state index in [-0.39, 0.29) is 5.56 Å². The largest absolute Gasteiger partial charge is 0.273 e. The molecule has 0 atom stereocenters. The molecule has 0 N–H and O–H groups in total. The molecule has 0 aliphatic carbocycles. The van der Waals surface area contributed by atoms with Gasteiger partial charge in [-0.05, 0) is 24.3 Å². The maximum Gasteiger partial charge on any atom is 0.273 e. The molecule has 6 heteroatoms. The van der Waals surface area contributed by atoms with Crippen molar-refractivity contribution in [2.24, 2.45) is 0 Å². The highest BCUT2D eigenvalue weighted by Gasteiger charge is 2.13. The highest BCUT2D eigenvalue weighted by atomic mass is 35.5. The van der Waals surface area contributed by atoms with E-state index >= 15 is 0 Å². The zero-order chi connectivity index (χ0) is 13.6. The zero-order valence-electron chi connectivity index (χ0n) is 9.36. The topological polar surface area (TPSA) is 22.0 Å². The second-order valence-corrected chi connectivity index (χ2v) is 6.11. The van der Waals surface area contributed by atoms with Crippen molar-refractivity contribution >= 4 is 56.4 Å². The van der Waals surface area contributed by atoms with Crippen LogP contribution in [0.15, 0.2) is 41.2 Å². The van der Waals surface area contributed by atoms with Crippen molar-refractivity contribution in [1.82, 2.24) is 3.96 Å². The van der Waals surface area contributed by atoms with Crippen LogP contribution in [0.4, 0.5) is 0 Å². The number of fused-ring (bicyclic) bond motifs is 1. The van der Waals surface area contributed by atoms with E-state index in [2.05, 4.69) is 0 Å². The number of nitrogens with zero attached hydrogens (tertiary/aromatic N) is 1. The van der Waals surface area contributed by atoms with E-state index in [1.54, 1.807) is 12.1 Å². The molecule has 0 amide bonds. The Hall–Kier alpha value is -1.000. The van der Waals surface area contributed by atoms with E-state index < -0.39 is 0 Å². The van der Waals surface area contributed by atoms with Gasteiger partial charge in [-0.25, -0.2) is 3.96 Å². The van der Waals surface area contributed by atoms with Crippen molar-refractivity contribution in [3.8, 4) is 5.69 Å². The molecule has 2 aromatic carbocycles. The minimum atomic E-state index is -0.110. The molecule has 1 heterocycles. The first-order valence-corrected chi connectivity index (χ1v) is 7.24. The first kappa shape index (κ1) is 13.0. The summed E-state index contributed by atoms with van der Waals surface area (Å²) in [6, 6.07) is 10.5. The summed E-state index contributed by atoms with van der Waals surface area (Å²) in [6.07, 6.45) is 0. The van der Waals surface area contributed by atoms with Gasteiger partial charge in [0.1, 0.15) is 0 Å². The predicted molar refractivity (Wildman–Crippen MR) is 82.5 cm³/mol. The summed E-state index contributed by atoms with van der Waals surface area (Å²) >= 11 is 19.3. The van der Waals surface area contributed by atoms with Crippen LogP contribution in [0.1, 0.15) is 0 Å². The van der Waals surface area contributed by atoms with Crippen LogP contribution in [-0.2, 0) is 0 Å². The molecule has 1 aromatic heterocycles. The minimum Gasteiger partial charge on any atom is -0.267 e. The summed E-state index contributed by atoms with van der Waals surface area (Å²) in [5.41, 5.74) is 0.433. The fourth-order valence-corrected chi connectivity index (χ4v) is 3.49. The van der Waals surface area contributed by atoms with Crippen LogP contribution in [0.3, 0.4) is 0 Å². The Morgan fingerprint density at radius 3 is 2.37 bits per heavy atom. The average molecular weight is 331 g/mol. The Morgan fingerprint density at radius 1 is 0.947 bits per heavy atom. The van der Waals surface area contributed by atoms with E-state index in [9.17, 15) is 4.79 Å². The second-order valence-electron chi connectivity index (χ2n) is 3.90. The normalized spacial score (nSPS) is 11.1. The van der Waals surface area contributed by atoms with Gasteiger partial charge < -0.3 is 0 Å². The number of halogens is 3. The van der Waals surface area contributed by atoms with Gasteiger partial charge in [0.05, 0.1) is 30.8 Å². The fourth-order valence-electron chi connectivity index (χ4n) is 1.80. The molecule has 0 fully saturated rings. The van der Waals surface area contributed by atoms with Crippen molar-refractivity contribution in [3.63, 3.8) is 0 Å². The summed E-state index contributed by atoms with van der Waals surface area (Å²) in [5, 5.41) is 1.78. The number of aromatic nitrogens is 1. The lowest BCUT2D eigenvalue weighted by Crippen LogP contribution is -2.11. The molecule has 0 unspecified atom stereocenters. The van der Waals surface area contributed by atoms with E-state index in [4.69, 9.17) is 34.8 Å². The molecule has 0 saturated carbocycles. The molecule has 3 aromatic rings. The van der Waals surface area contributed by atoms with Crippen molar-refractivity contribution in [3.05, 3.63) is 61.8 Å². The number of hydrogen-bond donors (Lipinski definition) is 0. The van der Waals surface area contributed by atoms with Crippen LogP contribution in [0.2, 0.25) is 15.1 Å². The molecule has 0 aliphatic rings. The first-order chi connectivity index (χ1) is 9.08. The lowest BCUT2D eigenvalue weighted by molar-refractivity contribution is 1.14. The highest BCUT2D eigenvalue weighted by Crippen LogP contribution is 2.32. The SMILES string of the molecule is O=c1c2ccccc2sn1-c1cc(Cl)c(Cl)cc1Cl. The lowest BCUT2D eigenvalue weighted by atomic mass is 10.3. The van der Waals surface area contributed by atoms with Crippen LogP contribution in [0, 0.1) is 0 Å². The maximum absolute atomic E-state index is 12.3. The Bertz CT molecular complexity index is 838. The summed E-state index contributed by atoms with van der Waals surface area (Å²) in [4.78, 5) is 12.3. The minimum absolute atomic E-state index is 0.110. The molecule has 0 spiro atoms. The lowest BCUT2D eigenvalue weighted by Gasteiger charge is -2.05. The summed E-state index contributed by atoms with van der Waals surface area (Å²) in [6.45, 7) is 0. The van der Waals surface area contributed by atoms with Crippen LogP contribution < -0.4 is 5.56 Å². The number of hydrogen-bond acceptors (Lipinski definition) is 2. The van der Waals surface area contributed by atoms with Crippen LogP contribution >= 0.6 is 46.3 Å². The van der Waals surface area contributed by atoms with Gasteiger partial charge >= 0.3 is 0 Å². The van der Waals surface area contributed by atoms with Crippen molar-refractivity contribution in [2.75, 3.05) is 0 Å². The van der Waals surface area contributed by atoms with E-state index in [1.807, 2.05) is 18.2 Å². The van der Waals surface area contributed by atoms with Crippen molar-refractivity contribution < 1.29 is 0 Å². The highest BCUT2D eigenvalue weighted by molar-refractivity contribution is 7.14. The average Bonchev–Trinajstić information content (AvgIpc) is 2.72. The molecule has 2 nitrogen and oxygen atoms in total. The molecule has 0 bridgehead atoms. The first-order valence-electron chi connectivity index (χ1n) is 5.34. The fraction of sp³-hybridized carbons (Fsp3) is 0. The molecule has 96 valence electrons. The number of benzene rings is 2. The standard InChI is InChI=1S/C13H6Cl3NOS/c14-8-5-10(16)11(6-9(8)15)17-13(18)7-3-1-2-4-12(7)19-17/h1-6H. The smallest absolute Gasteiger partial charge is 0.267 e. The maximum atomic E-state index is 12.3. The van der Waals surface area contributed by atoms with Gasteiger partial charge in [-0.2, -0.15) is 0 Å². The quantitative estimate of drug-likeness (QED) is 0.575. The van der Waals surface area contributed by atoms with E-state index in [0.717, 1.165) is 4.70 Å². The number of rotatable bonds is 1. The van der Waals surface area contributed by atoms with Crippen LogP contribution in [0.5, 0.6) is 0 Å². The van der Waals surface area contributed by atoms with Gasteiger partial charge in [0, 0.05) is 0 Å². The zero-order valence-corrected chi connectivity index (χ0v) is 12.4. The Balaban J connectivity index is 2.34. The van der Waals surface area contributed by atoms with Gasteiger partial charge in [0.25, 0.3) is 5.56 Å². The summed E-state index contributed by atoms with van der Waals surface area (Å²) in [7, 11) is 0. The van der Waals surface area contributed by atoms with E-state index in [0.29, 0.717) is 26.1 Å². The van der Waals surface area contributed by atoms with Gasteiger partial charge in [-0.1, -0.05) is 58.5 Å². The van der Waals surface area contributed by atoms with E-state index in [1.165, 1.54) is 21.6 Å². The monoisotopic (exact) mass is 329 g/mol.